The summed E-state index contributed by atoms with van der Waals surface area (Å²) >= 11 is 0. The van der Waals surface area contributed by atoms with Crippen LogP contribution in [0.4, 0.5) is 5.69 Å². The lowest BCUT2D eigenvalue weighted by atomic mass is 10.2. The maximum atomic E-state index is 12.0. The van der Waals surface area contributed by atoms with Gasteiger partial charge in [0.15, 0.2) is 15.6 Å². The molecule has 2 aromatic rings. The minimum absolute atomic E-state index is 0.161. The number of carbonyl (C=O) groups excluding carboxylic acids is 1. The van der Waals surface area contributed by atoms with E-state index in [1.165, 1.54) is 0 Å². The molecule has 0 aromatic heterocycles. The van der Waals surface area contributed by atoms with Crippen LogP contribution in [-0.4, -0.2) is 20.0 Å². The second-order valence-electron chi connectivity index (χ2n) is 4.56. The molecule has 20 heavy (non-hydrogen) atoms. The largest absolute Gasteiger partial charge is 0.399 e. The van der Waals surface area contributed by atoms with E-state index in [0.29, 0.717) is 16.8 Å². The van der Waals surface area contributed by atoms with E-state index >= 15 is 0 Å². The van der Waals surface area contributed by atoms with Crippen molar-refractivity contribution >= 4 is 21.3 Å². The summed E-state index contributed by atoms with van der Waals surface area (Å²) in [6.45, 7) is 0. The van der Waals surface area contributed by atoms with Gasteiger partial charge in [-0.05, 0) is 17.7 Å². The highest BCUT2D eigenvalue weighted by Crippen LogP contribution is 2.11. The van der Waals surface area contributed by atoms with Crippen LogP contribution in [0.5, 0.6) is 0 Å². The first kappa shape index (κ1) is 14.3. The first-order valence-corrected chi connectivity index (χ1v) is 7.91. The Balaban J connectivity index is 2.08. The molecule has 0 aliphatic heterocycles. The van der Waals surface area contributed by atoms with E-state index in [4.69, 9.17) is 5.73 Å². The van der Waals surface area contributed by atoms with Crippen molar-refractivity contribution in [2.75, 3.05) is 11.5 Å². The fraction of sp³-hybridized carbons (Fsp3) is 0.133. The Kier molecular flexibility index (Phi) is 4.20. The monoisotopic (exact) mass is 289 g/mol. The van der Waals surface area contributed by atoms with Crippen LogP contribution >= 0.6 is 0 Å². The van der Waals surface area contributed by atoms with Crippen LogP contribution in [0.1, 0.15) is 15.9 Å². The van der Waals surface area contributed by atoms with Gasteiger partial charge >= 0.3 is 0 Å². The Morgan fingerprint density at radius 3 is 2.15 bits per heavy atom. The first-order valence-electron chi connectivity index (χ1n) is 6.09. The highest BCUT2D eigenvalue weighted by Gasteiger charge is 2.18. The second kappa shape index (κ2) is 5.88. The van der Waals surface area contributed by atoms with Gasteiger partial charge in [-0.15, -0.1) is 0 Å². The van der Waals surface area contributed by atoms with Crippen molar-refractivity contribution in [1.82, 2.24) is 0 Å². The number of nitrogen functional groups attached to an aromatic ring is 1. The molecular weight excluding hydrogens is 274 g/mol. The second-order valence-corrected chi connectivity index (χ2v) is 6.63. The summed E-state index contributed by atoms with van der Waals surface area (Å²) in [5.41, 5.74) is 7.15. The Bertz CT molecular complexity index is 692. The third-order valence-electron chi connectivity index (χ3n) is 2.81. The van der Waals surface area contributed by atoms with Crippen LogP contribution in [0.15, 0.2) is 54.6 Å². The zero-order valence-corrected chi connectivity index (χ0v) is 11.6. The standard InChI is InChI=1S/C15H15NO3S/c16-14-8-6-12(7-9-14)10-20(18,19)11-15(17)13-4-2-1-3-5-13/h1-9H,10-11,16H2. The summed E-state index contributed by atoms with van der Waals surface area (Å²) in [4.78, 5) is 11.9. The molecule has 0 bridgehead atoms. The number of Topliss-reactive ketones (excluding diaryl/α,β-unsaturated/α-hetero) is 1. The van der Waals surface area contributed by atoms with Crippen LogP contribution in [0.25, 0.3) is 0 Å². The van der Waals surface area contributed by atoms with Gasteiger partial charge in [0, 0.05) is 11.3 Å². The summed E-state index contributed by atoms with van der Waals surface area (Å²) in [5.74, 6) is -1.03. The summed E-state index contributed by atoms with van der Waals surface area (Å²) < 4.78 is 24.0. The summed E-state index contributed by atoms with van der Waals surface area (Å²) in [6, 6.07) is 15.0. The molecule has 0 heterocycles. The molecule has 2 rings (SSSR count). The van der Waals surface area contributed by atoms with Crippen molar-refractivity contribution in [3.8, 4) is 0 Å². The lowest BCUT2D eigenvalue weighted by Gasteiger charge is -2.05. The molecule has 0 radical (unpaired) electrons. The summed E-state index contributed by atoms with van der Waals surface area (Å²) in [7, 11) is -3.49. The fourth-order valence-electron chi connectivity index (χ4n) is 1.83. The van der Waals surface area contributed by atoms with Gasteiger partial charge in [0.1, 0.15) is 5.75 Å². The molecule has 0 aliphatic rings. The van der Waals surface area contributed by atoms with Crippen molar-refractivity contribution in [3.63, 3.8) is 0 Å². The van der Waals surface area contributed by atoms with E-state index in [1.807, 2.05) is 0 Å². The van der Waals surface area contributed by atoms with E-state index in [-0.39, 0.29) is 11.5 Å². The lowest BCUT2D eigenvalue weighted by molar-refractivity contribution is 0.102. The summed E-state index contributed by atoms with van der Waals surface area (Å²) in [5, 5.41) is 0. The molecule has 0 fully saturated rings. The molecule has 0 amide bonds. The van der Waals surface area contributed by atoms with Crippen molar-refractivity contribution in [2.45, 2.75) is 5.75 Å². The number of anilines is 1. The quantitative estimate of drug-likeness (QED) is 0.675. The third-order valence-corrected chi connectivity index (χ3v) is 4.29. The maximum absolute atomic E-state index is 12.0. The van der Waals surface area contributed by atoms with Gasteiger partial charge in [-0.1, -0.05) is 42.5 Å². The zero-order valence-electron chi connectivity index (χ0n) is 10.8. The molecule has 0 aliphatic carbocycles. The minimum Gasteiger partial charge on any atom is -0.399 e. The smallest absolute Gasteiger partial charge is 0.177 e. The number of hydrogen-bond acceptors (Lipinski definition) is 4. The number of carbonyl (C=O) groups is 1. The Labute approximate surface area is 118 Å². The van der Waals surface area contributed by atoms with E-state index in [1.54, 1.807) is 54.6 Å². The SMILES string of the molecule is Nc1ccc(CS(=O)(=O)CC(=O)c2ccccc2)cc1. The predicted octanol–water partition coefficient (Wildman–Crippen LogP) is 2.07. The molecule has 0 spiro atoms. The molecule has 0 atom stereocenters. The van der Waals surface area contributed by atoms with Crippen LogP contribution in [0, 0.1) is 0 Å². The van der Waals surface area contributed by atoms with Crippen LogP contribution in [0.2, 0.25) is 0 Å². The number of rotatable bonds is 5. The minimum atomic E-state index is -3.49. The van der Waals surface area contributed by atoms with E-state index < -0.39 is 15.6 Å². The van der Waals surface area contributed by atoms with E-state index in [2.05, 4.69) is 0 Å². The summed E-state index contributed by atoms with van der Waals surface area (Å²) in [6.07, 6.45) is 0. The molecule has 0 saturated heterocycles. The maximum Gasteiger partial charge on any atom is 0.177 e. The Morgan fingerprint density at radius 1 is 0.950 bits per heavy atom. The average Bonchev–Trinajstić information content (AvgIpc) is 2.41. The lowest BCUT2D eigenvalue weighted by Crippen LogP contribution is -2.17. The number of benzene rings is 2. The van der Waals surface area contributed by atoms with Gasteiger partial charge in [0.2, 0.25) is 0 Å². The van der Waals surface area contributed by atoms with Gasteiger partial charge in [0.05, 0.1) is 5.75 Å². The zero-order chi connectivity index (χ0) is 14.6. The molecule has 2 N–H and O–H groups in total. The number of ketones is 1. The molecule has 4 nitrogen and oxygen atoms in total. The molecular formula is C15H15NO3S. The first-order chi connectivity index (χ1) is 9.46. The molecule has 5 heteroatoms. The van der Waals surface area contributed by atoms with Gasteiger partial charge < -0.3 is 5.73 Å². The van der Waals surface area contributed by atoms with E-state index in [9.17, 15) is 13.2 Å². The highest BCUT2D eigenvalue weighted by atomic mass is 32.2. The van der Waals surface area contributed by atoms with Gasteiger partial charge in [-0.2, -0.15) is 0 Å². The molecule has 0 saturated carbocycles. The van der Waals surface area contributed by atoms with E-state index in [0.717, 1.165) is 0 Å². The average molecular weight is 289 g/mol. The van der Waals surface area contributed by atoms with Gasteiger partial charge in [0.25, 0.3) is 0 Å². The van der Waals surface area contributed by atoms with Gasteiger partial charge in [-0.3, -0.25) is 4.79 Å². The molecule has 104 valence electrons. The molecule has 2 aromatic carbocycles. The van der Waals surface area contributed by atoms with Crippen LogP contribution < -0.4 is 5.73 Å². The van der Waals surface area contributed by atoms with Crippen molar-refractivity contribution in [1.29, 1.82) is 0 Å². The Morgan fingerprint density at radius 2 is 1.55 bits per heavy atom. The van der Waals surface area contributed by atoms with Crippen LogP contribution in [-0.2, 0) is 15.6 Å². The normalized spacial score (nSPS) is 11.2. The number of nitrogens with two attached hydrogens (primary N) is 1. The molecule has 0 unspecified atom stereocenters. The Hall–Kier alpha value is -2.14. The van der Waals surface area contributed by atoms with Gasteiger partial charge in [-0.25, -0.2) is 8.42 Å². The number of hydrogen-bond donors (Lipinski definition) is 1. The predicted molar refractivity (Wildman–Crippen MR) is 79.1 cm³/mol. The highest BCUT2D eigenvalue weighted by molar-refractivity contribution is 7.91. The van der Waals surface area contributed by atoms with Crippen molar-refractivity contribution in [3.05, 3.63) is 65.7 Å². The third kappa shape index (κ3) is 3.93. The van der Waals surface area contributed by atoms with Crippen molar-refractivity contribution < 1.29 is 13.2 Å². The fourth-order valence-corrected chi connectivity index (χ4v) is 3.19. The van der Waals surface area contributed by atoms with Crippen LogP contribution in [0.3, 0.4) is 0 Å². The number of sulfone groups is 1. The topological polar surface area (TPSA) is 77.2 Å². The van der Waals surface area contributed by atoms with Crippen molar-refractivity contribution in [2.24, 2.45) is 0 Å².